The number of rotatable bonds is 9. The number of nitrogens with zero attached hydrogens (tertiary/aromatic N) is 2. The van der Waals surface area contributed by atoms with E-state index in [1.54, 1.807) is 31.2 Å². The second-order valence-corrected chi connectivity index (χ2v) is 19.6. The minimum Gasteiger partial charge on any atom is -0.497 e. The number of halogens is 4. The van der Waals surface area contributed by atoms with Crippen LogP contribution < -0.4 is 24.8 Å². The molecule has 2 aliphatic heterocycles. The molecule has 19 heteroatoms. The first-order valence-electron chi connectivity index (χ1n) is 19.8. The molecule has 0 unspecified atom stereocenters. The molecule has 2 aromatic rings. The summed E-state index contributed by atoms with van der Waals surface area (Å²) in [5.74, 6) is -3.12. The summed E-state index contributed by atoms with van der Waals surface area (Å²) in [6.07, 6.45) is -1.12. The molecule has 2 saturated carbocycles. The van der Waals surface area contributed by atoms with E-state index in [9.17, 15) is 40.8 Å². The van der Waals surface area contributed by atoms with E-state index in [2.05, 4.69) is 20.3 Å². The second kappa shape index (κ2) is 16.3. The molecule has 4 amide bonds. The molecule has 3 fully saturated rings. The monoisotopic (exact) mass is 869 g/mol. The van der Waals surface area contributed by atoms with Crippen LogP contribution in [-0.4, -0.2) is 96.0 Å². The van der Waals surface area contributed by atoms with Crippen molar-refractivity contribution in [1.29, 1.82) is 0 Å². The van der Waals surface area contributed by atoms with Crippen LogP contribution in [0.15, 0.2) is 36.4 Å². The zero-order valence-electron chi connectivity index (χ0n) is 33.8. The van der Waals surface area contributed by atoms with Crippen molar-refractivity contribution in [2.45, 2.75) is 126 Å². The molecule has 59 heavy (non-hydrogen) atoms. The molecular weight excluding hydrogens is 819 g/mol. The van der Waals surface area contributed by atoms with Crippen molar-refractivity contribution < 1.29 is 55.0 Å². The van der Waals surface area contributed by atoms with Crippen molar-refractivity contribution in [3.63, 3.8) is 0 Å². The Balaban J connectivity index is 1.36. The number of ether oxygens (including phenoxy) is 3. The van der Waals surface area contributed by atoms with Gasteiger partial charge in [-0.15, -0.1) is 0 Å². The molecule has 3 N–H and O–H groups in total. The summed E-state index contributed by atoms with van der Waals surface area (Å²) in [5.41, 5.74) is -4.11. The molecule has 1 saturated heterocycles. The van der Waals surface area contributed by atoms with E-state index in [0.29, 0.717) is 74.0 Å². The number of alkyl halides is 3. The predicted octanol–water partition coefficient (Wildman–Crippen LogP) is 5.96. The number of carbonyl (C=O) groups excluding carboxylic acids is 4. The quantitative estimate of drug-likeness (QED) is 0.255. The topological polar surface area (TPSA) is 182 Å². The Kier molecular flexibility index (Phi) is 12.2. The molecule has 14 nitrogen and oxygen atoms in total. The van der Waals surface area contributed by atoms with E-state index in [1.165, 1.54) is 25.0 Å². The highest BCUT2D eigenvalue weighted by Crippen LogP contribution is 2.48. The molecule has 1 aromatic heterocycles. The average Bonchev–Trinajstić information content (AvgIpc) is 4.03. The summed E-state index contributed by atoms with van der Waals surface area (Å²) in [6.45, 7) is 6.41. The third-order valence-electron chi connectivity index (χ3n) is 12.1. The lowest BCUT2D eigenvalue weighted by molar-refractivity contribution is -0.244. The van der Waals surface area contributed by atoms with E-state index in [1.807, 2.05) is 13.0 Å². The number of aromatic nitrogens is 1. The molecular formula is C40H51ClF3N5O9S. The predicted molar refractivity (Wildman–Crippen MR) is 211 cm³/mol. The second-order valence-electron chi connectivity index (χ2n) is 17.0. The van der Waals surface area contributed by atoms with E-state index < -0.39 is 85.9 Å². The maximum Gasteiger partial charge on any atom is 0.427 e. The Labute approximate surface area is 346 Å². The van der Waals surface area contributed by atoms with Crippen LogP contribution in [0.5, 0.6) is 11.6 Å². The van der Waals surface area contributed by atoms with Crippen molar-refractivity contribution in [2.24, 2.45) is 17.8 Å². The number of hydrogen-bond acceptors (Lipinski definition) is 10. The fraction of sp³-hybridized carbons (Fsp3) is 0.625. The summed E-state index contributed by atoms with van der Waals surface area (Å²) in [6, 6.07) is 3.79. The maximum atomic E-state index is 14.9. The number of sulfonamides is 1. The number of allylic oxidation sites excluding steroid dienone is 1. The van der Waals surface area contributed by atoms with Crippen LogP contribution in [-0.2, 0) is 29.1 Å². The number of alkyl carbamates (subject to hydrolysis) is 1. The van der Waals surface area contributed by atoms with Gasteiger partial charge in [0.15, 0.2) is 0 Å². The first-order chi connectivity index (χ1) is 27.5. The van der Waals surface area contributed by atoms with Gasteiger partial charge in [0.2, 0.25) is 33.3 Å². The first kappa shape index (κ1) is 44.2. The first-order valence-corrected chi connectivity index (χ1v) is 21.6. The number of nitrogens with one attached hydrogen (secondary N) is 3. The van der Waals surface area contributed by atoms with Gasteiger partial charge in [0, 0.05) is 29.9 Å². The number of fused-ring (bicyclic) bond motifs is 3. The smallest absolute Gasteiger partial charge is 0.427 e. The van der Waals surface area contributed by atoms with Crippen molar-refractivity contribution in [1.82, 2.24) is 25.2 Å². The van der Waals surface area contributed by atoms with Crippen LogP contribution in [0, 0.1) is 17.8 Å². The van der Waals surface area contributed by atoms with Crippen molar-refractivity contribution >= 4 is 56.3 Å². The molecule has 0 bridgehead atoms. The van der Waals surface area contributed by atoms with Crippen LogP contribution in [0.25, 0.3) is 10.9 Å². The van der Waals surface area contributed by atoms with Crippen LogP contribution in [0.4, 0.5) is 18.0 Å². The Morgan fingerprint density at radius 3 is 2.49 bits per heavy atom. The van der Waals surface area contributed by atoms with Crippen LogP contribution in [0.2, 0.25) is 5.02 Å². The van der Waals surface area contributed by atoms with E-state index >= 15 is 0 Å². The van der Waals surface area contributed by atoms with Crippen LogP contribution >= 0.6 is 11.6 Å². The SMILES string of the molecule is CC[C@@H]1C[C@H](C)CC/C=C\[C@@H]2C[C@@]2(C(=O)NS(=O)(=O)C2(C)CC2)NC(=O)[C@@H]2C[C@@H](Oc3cc(Cl)c4ccc(OC)cc4n3)CN2C(=O)[C@H]1NC(=O)OC(C)(C)C(F)(F)F. The number of pyridine rings is 1. The molecule has 0 radical (unpaired) electrons. The summed E-state index contributed by atoms with van der Waals surface area (Å²) >= 11 is 6.59. The molecule has 3 heterocycles. The molecule has 7 atom stereocenters. The summed E-state index contributed by atoms with van der Waals surface area (Å²) in [7, 11) is -2.60. The minimum atomic E-state index is -4.92. The summed E-state index contributed by atoms with van der Waals surface area (Å²) in [4.78, 5) is 62.3. The number of methoxy groups -OCH3 is 1. The van der Waals surface area contributed by atoms with Gasteiger partial charge in [-0.25, -0.2) is 18.2 Å². The summed E-state index contributed by atoms with van der Waals surface area (Å²) < 4.78 is 85.3. The number of benzene rings is 1. The van der Waals surface area contributed by atoms with Gasteiger partial charge in [0.25, 0.3) is 5.91 Å². The molecule has 324 valence electrons. The van der Waals surface area contributed by atoms with E-state index in [4.69, 9.17) is 25.8 Å². The Morgan fingerprint density at radius 1 is 1.14 bits per heavy atom. The van der Waals surface area contributed by atoms with Gasteiger partial charge < -0.3 is 29.7 Å². The molecule has 1 aromatic carbocycles. The Morgan fingerprint density at radius 2 is 1.85 bits per heavy atom. The van der Waals surface area contributed by atoms with Gasteiger partial charge in [-0.05, 0) is 83.3 Å². The summed E-state index contributed by atoms with van der Waals surface area (Å²) in [5, 5.41) is 6.11. The van der Waals surface area contributed by atoms with Gasteiger partial charge in [-0.1, -0.05) is 44.0 Å². The van der Waals surface area contributed by atoms with E-state index in [-0.39, 0.29) is 31.2 Å². The molecule has 4 aliphatic rings. The largest absolute Gasteiger partial charge is 0.497 e. The molecule has 0 spiro atoms. The average molecular weight is 870 g/mol. The fourth-order valence-corrected chi connectivity index (χ4v) is 9.33. The van der Waals surface area contributed by atoms with Gasteiger partial charge >= 0.3 is 12.3 Å². The number of carbonyl (C=O) groups is 4. The van der Waals surface area contributed by atoms with Crippen molar-refractivity contribution in [2.75, 3.05) is 13.7 Å². The highest BCUT2D eigenvalue weighted by atomic mass is 35.5. The third kappa shape index (κ3) is 9.22. The minimum absolute atomic E-state index is 0.0429. The zero-order valence-corrected chi connectivity index (χ0v) is 35.4. The normalized spacial score (nSPS) is 29.2. The number of amides is 4. The van der Waals surface area contributed by atoms with Gasteiger partial charge in [-0.3, -0.25) is 19.1 Å². The standard InChI is InChI=1S/C40H51ClF3N5O9S/c1-7-23-16-22(2)10-8-9-11-24-20-39(24,35(52)48-59(54,55)38(5)14-15-38)47-33(50)30-18-26(57-31-19-28(41)27-13-12-25(56-6)17-29(27)45-31)21-49(30)34(51)32(23)46-36(53)58-37(3,4)40(42,43)44/h9,11-13,17,19,22-24,26,30,32H,7-8,10,14-16,18,20-21H2,1-6H3,(H,46,53)(H,47,50)(H,48,52)/b11-9-/t22-,23-,24-,26-,30+,32+,39-/m1/s1. The van der Waals surface area contributed by atoms with Gasteiger partial charge in [0.05, 0.1) is 28.9 Å². The number of hydrogen-bond donors (Lipinski definition) is 3. The van der Waals surface area contributed by atoms with Crippen molar-refractivity contribution in [3.8, 4) is 11.6 Å². The van der Waals surface area contributed by atoms with Crippen molar-refractivity contribution in [3.05, 3.63) is 41.4 Å². The zero-order chi connectivity index (χ0) is 43.3. The molecule has 2 aliphatic carbocycles. The fourth-order valence-electron chi connectivity index (χ4n) is 7.76. The highest BCUT2D eigenvalue weighted by molar-refractivity contribution is 7.91. The Hall–Kier alpha value is -4.32. The maximum absolute atomic E-state index is 14.9. The molecule has 6 rings (SSSR count). The van der Waals surface area contributed by atoms with E-state index in [0.717, 1.165) is 0 Å². The van der Waals surface area contributed by atoms with Crippen LogP contribution in [0.1, 0.15) is 86.0 Å². The Bertz CT molecular complexity index is 2130. The van der Waals surface area contributed by atoms with Gasteiger partial charge in [0.1, 0.15) is 29.5 Å². The van der Waals surface area contributed by atoms with Crippen LogP contribution in [0.3, 0.4) is 0 Å². The lowest BCUT2D eigenvalue weighted by Gasteiger charge is -2.35. The third-order valence-corrected chi connectivity index (χ3v) is 14.6. The highest BCUT2D eigenvalue weighted by Gasteiger charge is 2.63. The lowest BCUT2D eigenvalue weighted by atomic mass is 9.85. The lowest BCUT2D eigenvalue weighted by Crippen LogP contribution is -2.60. The van der Waals surface area contributed by atoms with Gasteiger partial charge in [-0.2, -0.15) is 13.2 Å².